The minimum Gasteiger partial charge on any atom is -0.382 e. The summed E-state index contributed by atoms with van der Waals surface area (Å²) in [6, 6.07) is 18.1. The lowest BCUT2D eigenvalue weighted by Crippen LogP contribution is -2.38. The molecule has 2 aromatic carbocycles. The first-order valence-corrected chi connectivity index (χ1v) is 8.31. The summed E-state index contributed by atoms with van der Waals surface area (Å²) in [7, 11) is 0. The molecule has 0 unspecified atom stereocenters. The number of likely N-dealkylation sites (tertiary alicyclic amines) is 1. The van der Waals surface area contributed by atoms with Crippen LogP contribution < -0.4 is 5.32 Å². The second-order valence-electron chi connectivity index (χ2n) is 6.48. The Bertz CT molecular complexity index is 598. The summed E-state index contributed by atoms with van der Waals surface area (Å²) in [6.45, 7) is 7.79. The first-order valence-electron chi connectivity index (χ1n) is 8.31. The Morgan fingerprint density at radius 2 is 1.68 bits per heavy atom. The van der Waals surface area contributed by atoms with Gasteiger partial charge in [-0.3, -0.25) is 4.90 Å². The molecule has 1 aliphatic rings. The van der Waals surface area contributed by atoms with Crippen LogP contribution in [0.5, 0.6) is 0 Å². The van der Waals surface area contributed by atoms with Crippen molar-refractivity contribution in [2.45, 2.75) is 39.3 Å². The highest BCUT2D eigenvalue weighted by atomic mass is 15.1. The third kappa shape index (κ3) is 3.89. The second kappa shape index (κ2) is 6.97. The predicted octanol–water partition coefficient (Wildman–Crippen LogP) is 4.38. The van der Waals surface area contributed by atoms with Crippen molar-refractivity contribution in [2.24, 2.45) is 0 Å². The van der Waals surface area contributed by atoms with E-state index in [2.05, 4.69) is 72.6 Å². The third-order valence-electron chi connectivity index (χ3n) is 4.71. The molecule has 2 aromatic rings. The second-order valence-corrected chi connectivity index (χ2v) is 6.48. The van der Waals surface area contributed by atoms with Gasteiger partial charge in [-0.25, -0.2) is 0 Å². The Kier molecular flexibility index (Phi) is 4.79. The van der Waals surface area contributed by atoms with E-state index < -0.39 is 0 Å². The summed E-state index contributed by atoms with van der Waals surface area (Å²) >= 11 is 0. The van der Waals surface area contributed by atoms with Gasteiger partial charge >= 0.3 is 0 Å². The Labute approximate surface area is 134 Å². The molecule has 116 valence electrons. The zero-order valence-electron chi connectivity index (χ0n) is 13.7. The van der Waals surface area contributed by atoms with E-state index in [-0.39, 0.29) is 0 Å². The van der Waals surface area contributed by atoms with E-state index in [1.54, 1.807) is 0 Å². The lowest BCUT2D eigenvalue weighted by atomic mass is 10.0. The Hall–Kier alpha value is -1.80. The van der Waals surface area contributed by atoms with Gasteiger partial charge in [0.1, 0.15) is 0 Å². The molecule has 0 amide bonds. The van der Waals surface area contributed by atoms with Gasteiger partial charge in [-0.1, -0.05) is 36.4 Å². The van der Waals surface area contributed by atoms with Gasteiger partial charge in [0.2, 0.25) is 0 Å². The molecular formula is C20H26N2. The fraction of sp³-hybridized carbons (Fsp3) is 0.400. The van der Waals surface area contributed by atoms with Gasteiger partial charge in [-0.15, -0.1) is 0 Å². The van der Waals surface area contributed by atoms with Gasteiger partial charge in [0.05, 0.1) is 0 Å². The van der Waals surface area contributed by atoms with Crippen LogP contribution in [0.2, 0.25) is 0 Å². The number of hydrogen-bond acceptors (Lipinski definition) is 2. The zero-order valence-corrected chi connectivity index (χ0v) is 13.7. The van der Waals surface area contributed by atoms with Crippen molar-refractivity contribution in [1.82, 2.24) is 4.90 Å². The lowest BCUT2D eigenvalue weighted by Gasteiger charge is -2.33. The van der Waals surface area contributed by atoms with Gasteiger partial charge in [-0.2, -0.15) is 0 Å². The quantitative estimate of drug-likeness (QED) is 0.900. The van der Waals surface area contributed by atoms with Crippen LogP contribution in [0.3, 0.4) is 0 Å². The highest BCUT2D eigenvalue weighted by Gasteiger charge is 2.19. The molecular weight excluding hydrogens is 268 g/mol. The van der Waals surface area contributed by atoms with Crippen molar-refractivity contribution >= 4 is 5.69 Å². The minimum atomic E-state index is 0.606. The molecule has 3 rings (SSSR count). The van der Waals surface area contributed by atoms with Crippen LogP contribution in [0.15, 0.2) is 48.5 Å². The van der Waals surface area contributed by atoms with Gasteiger partial charge in [0.25, 0.3) is 0 Å². The molecule has 22 heavy (non-hydrogen) atoms. The first kappa shape index (κ1) is 15.1. The summed E-state index contributed by atoms with van der Waals surface area (Å²) in [5, 5.41) is 3.71. The summed E-state index contributed by atoms with van der Waals surface area (Å²) < 4.78 is 0. The van der Waals surface area contributed by atoms with Gasteiger partial charge in [0, 0.05) is 31.4 Å². The zero-order chi connectivity index (χ0) is 15.4. The lowest BCUT2D eigenvalue weighted by molar-refractivity contribution is 0.211. The summed E-state index contributed by atoms with van der Waals surface area (Å²) in [5.41, 5.74) is 5.42. The minimum absolute atomic E-state index is 0.606. The van der Waals surface area contributed by atoms with Crippen molar-refractivity contribution in [3.8, 4) is 0 Å². The maximum Gasteiger partial charge on any atom is 0.0345 e. The van der Waals surface area contributed by atoms with Crippen LogP contribution in [0, 0.1) is 13.8 Å². The number of aryl methyl sites for hydroxylation is 2. The standard InChI is InChI=1S/C20H26N2/c1-16-8-9-20(14-17(16)2)21-19-10-12-22(13-11-19)15-18-6-4-3-5-7-18/h3-9,14,19,21H,10-13,15H2,1-2H3. The normalized spacial score (nSPS) is 16.6. The maximum atomic E-state index is 3.71. The molecule has 0 bridgehead atoms. The number of piperidine rings is 1. The molecule has 2 nitrogen and oxygen atoms in total. The van der Waals surface area contributed by atoms with E-state index in [1.807, 2.05) is 0 Å². The Morgan fingerprint density at radius 3 is 2.36 bits per heavy atom. The summed E-state index contributed by atoms with van der Waals surface area (Å²) in [6.07, 6.45) is 2.44. The number of anilines is 1. The number of benzene rings is 2. The number of nitrogens with zero attached hydrogens (tertiary/aromatic N) is 1. The van der Waals surface area contributed by atoms with Crippen LogP contribution in [-0.4, -0.2) is 24.0 Å². The van der Waals surface area contributed by atoms with E-state index in [0.717, 1.165) is 6.54 Å². The van der Waals surface area contributed by atoms with Crippen molar-refractivity contribution in [1.29, 1.82) is 0 Å². The van der Waals surface area contributed by atoms with Crippen molar-refractivity contribution in [3.05, 3.63) is 65.2 Å². The molecule has 1 heterocycles. The predicted molar refractivity (Wildman–Crippen MR) is 94.3 cm³/mol. The summed E-state index contributed by atoms with van der Waals surface area (Å²) in [4.78, 5) is 2.56. The molecule has 1 N–H and O–H groups in total. The molecule has 0 atom stereocenters. The highest BCUT2D eigenvalue weighted by molar-refractivity contribution is 5.48. The molecule has 0 aromatic heterocycles. The van der Waals surface area contributed by atoms with Crippen molar-refractivity contribution in [2.75, 3.05) is 18.4 Å². The van der Waals surface area contributed by atoms with Crippen LogP contribution in [-0.2, 0) is 6.54 Å². The highest BCUT2D eigenvalue weighted by Crippen LogP contribution is 2.20. The van der Waals surface area contributed by atoms with E-state index >= 15 is 0 Å². The number of rotatable bonds is 4. The number of nitrogens with one attached hydrogen (secondary N) is 1. The van der Waals surface area contributed by atoms with Crippen LogP contribution >= 0.6 is 0 Å². The van der Waals surface area contributed by atoms with Crippen LogP contribution in [0.1, 0.15) is 29.5 Å². The SMILES string of the molecule is Cc1ccc(NC2CCN(Cc3ccccc3)CC2)cc1C. The van der Waals surface area contributed by atoms with Crippen molar-refractivity contribution in [3.63, 3.8) is 0 Å². The molecule has 2 heteroatoms. The van der Waals surface area contributed by atoms with Crippen molar-refractivity contribution < 1.29 is 0 Å². The average Bonchev–Trinajstić information content (AvgIpc) is 2.54. The smallest absolute Gasteiger partial charge is 0.0345 e. The monoisotopic (exact) mass is 294 g/mol. The molecule has 0 radical (unpaired) electrons. The third-order valence-corrected chi connectivity index (χ3v) is 4.71. The van der Waals surface area contributed by atoms with Gasteiger partial charge < -0.3 is 5.32 Å². The molecule has 0 aliphatic carbocycles. The molecule has 1 saturated heterocycles. The molecule has 1 aliphatic heterocycles. The molecule has 0 saturated carbocycles. The first-order chi connectivity index (χ1) is 10.7. The Balaban J connectivity index is 1.50. The maximum absolute atomic E-state index is 3.71. The van der Waals surface area contributed by atoms with E-state index in [0.29, 0.717) is 6.04 Å². The van der Waals surface area contributed by atoms with Gasteiger partial charge in [0.15, 0.2) is 0 Å². The largest absolute Gasteiger partial charge is 0.382 e. The molecule has 0 spiro atoms. The van der Waals surface area contributed by atoms with E-state index in [4.69, 9.17) is 0 Å². The van der Waals surface area contributed by atoms with Crippen LogP contribution in [0.25, 0.3) is 0 Å². The average molecular weight is 294 g/mol. The Morgan fingerprint density at radius 1 is 0.955 bits per heavy atom. The summed E-state index contributed by atoms with van der Waals surface area (Å²) in [5.74, 6) is 0. The van der Waals surface area contributed by atoms with E-state index in [9.17, 15) is 0 Å². The fourth-order valence-electron chi connectivity index (χ4n) is 3.14. The topological polar surface area (TPSA) is 15.3 Å². The van der Waals surface area contributed by atoms with Gasteiger partial charge in [-0.05, 0) is 55.5 Å². The van der Waals surface area contributed by atoms with Crippen LogP contribution in [0.4, 0.5) is 5.69 Å². The van der Waals surface area contributed by atoms with E-state index in [1.165, 1.54) is 48.3 Å². The fourth-order valence-corrected chi connectivity index (χ4v) is 3.14. The molecule has 1 fully saturated rings. The number of hydrogen-bond donors (Lipinski definition) is 1.